The van der Waals surface area contributed by atoms with Gasteiger partial charge in [0, 0.05) is 25.7 Å². The van der Waals surface area contributed by atoms with Crippen molar-refractivity contribution in [3.8, 4) is 0 Å². The summed E-state index contributed by atoms with van der Waals surface area (Å²) in [6.07, 6.45) is 1.98. The van der Waals surface area contributed by atoms with E-state index < -0.39 is 0 Å². The number of nitrogens with zero attached hydrogens (tertiary/aromatic N) is 1. The molecular weight excluding hydrogens is 274 g/mol. The summed E-state index contributed by atoms with van der Waals surface area (Å²) in [4.78, 5) is 14.1. The molecule has 4 nitrogen and oxygen atoms in total. The molecule has 1 amide bonds. The number of nitrogens with one attached hydrogen (secondary N) is 1. The first-order valence-corrected chi connectivity index (χ1v) is 6.94. The molecule has 112 valence electrons. The van der Waals surface area contributed by atoms with E-state index in [4.69, 9.17) is 5.73 Å². The second-order valence-corrected chi connectivity index (χ2v) is 5.32. The van der Waals surface area contributed by atoms with Gasteiger partial charge in [0.2, 0.25) is 5.91 Å². The molecule has 0 radical (unpaired) electrons. The summed E-state index contributed by atoms with van der Waals surface area (Å²) in [5, 5.41) is 2.99. The van der Waals surface area contributed by atoms with Crippen LogP contribution in [-0.2, 0) is 11.3 Å². The van der Waals surface area contributed by atoms with Gasteiger partial charge in [-0.25, -0.2) is 0 Å². The van der Waals surface area contributed by atoms with Gasteiger partial charge in [0.25, 0.3) is 0 Å². The van der Waals surface area contributed by atoms with Crippen molar-refractivity contribution in [1.29, 1.82) is 0 Å². The van der Waals surface area contributed by atoms with Crippen molar-refractivity contribution in [3.05, 3.63) is 35.4 Å². The summed E-state index contributed by atoms with van der Waals surface area (Å²) in [6, 6.07) is 8.44. The first-order valence-electron chi connectivity index (χ1n) is 6.94. The molecule has 20 heavy (non-hydrogen) atoms. The number of hydrogen-bond donors (Lipinski definition) is 2. The van der Waals surface area contributed by atoms with Gasteiger partial charge in [-0.2, -0.15) is 0 Å². The van der Waals surface area contributed by atoms with E-state index in [1.807, 2.05) is 12.1 Å². The maximum absolute atomic E-state index is 11.9. The second kappa shape index (κ2) is 8.25. The molecule has 0 unspecified atom stereocenters. The van der Waals surface area contributed by atoms with E-state index >= 15 is 0 Å². The van der Waals surface area contributed by atoms with Gasteiger partial charge in [-0.1, -0.05) is 24.3 Å². The standard InChI is InChI=1S/C15H23N3O.ClH/c1-12-4-2-3-5-13(12)10-17-15(19)11-18-8-6-14(16)7-9-18;/h2-5,14H,6-11,16H2,1H3,(H,17,19);1H. The summed E-state index contributed by atoms with van der Waals surface area (Å²) in [7, 11) is 0. The fourth-order valence-corrected chi connectivity index (χ4v) is 2.37. The topological polar surface area (TPSA) is 58.4 Å². The largest absolute Gasteiger partial charge is 0.351 e. The monoisotopic (exact) mass is 297 g/mol. The lowest BCUT2D eigenvalue weighted by atomic mass is 10.1. The van der Waals surface area contributed by atoms with Crippen LogP contribution in [0.2, 0.25) is 0 Å². The predicted octanol–water partition coefficient (Wildman–Crippen LogP) is 1.46. The van der Waals surface area contributed by atoms with Crippen molar-refractivity contribution in [1.82, 2.24) is 10.2 Å². The Morgan fingerprint density at radius 1 is 1.35 bits per heavy atom. The Labute approximate surface area is 127 Å². The number of rotatable bonds is 4. The number of amides is 1. The molecule has 0 bridgehead atoms. The average Bonchev–Trinajstić information content (AvgIpc) is 2.40. The molecule has 3 N–H and O–H groups in total. The Bertz CT molecular complexity index is 431. The third-order valence-corrected chi connectivity index (χ3v) is 3.74. The van der Waals surface area contributed by atoms with Crippen LogP contribution in [-0.4, -0.2) is 36.5 Å². The summed E-state index contributed by atoms with van der Waals surface area (Å²) < 4.78 is 0. The van der Waals surface area contributed by atoms with Gasteiger partial charge in [0.15, 0.2) is 0 Å². The molecule has 1 saturated heterocycles. The molecule has 1 aliphatic rings. The SMILES string of the molecule is Cc1ccccc1CNC(=O)CN1CCC(N)CC1.Cl. The minimum absolute atomic E-state index is 0. The third kappa shape index (κ3) is 5.12. The summed E-state index contributed by atoms with van der Waals surface area (Å²) in [5.41, 5.74) is 8.24. The van der Waals surface area contributed by atoms with Crippen LogP contribution in [0, 0.1) is 6.92 Å². The molecule has 0 spiro atoms. The van der Waals surface area contributed by atoms with Gasteiger partial charge >= 0.3 is 0 Å². The Morgan fingerprint density at radius 3 is 2.65 bits per heavy atom. The fourth-order valence-electron chi connectivity index (χ4n) is 2.37. The smallest absolute Gasteiger partial charge is 0.234 e. The van der Waals surface area contributed by atoms with Crippen LogP contribution in [0.3, 0.4) is 0 Å². The molecule has 0 aliphatic carbocycles. The van der Waals surface area contributed by atoms with Gasteiger partial charge in [0.05, 0.1) is 6.54 Å². The normalized spacial score (nSPS) is 16.5. The van der Waals surface area contributed by atoms with E-state index in [1.54, 1.807) is 0 Å². The lowest BCUT2D eigenvalue weighted by molar-refractivity contribution is -0.122. The van der Waals surface area contributed by atoms with Crippen molar-refractivity contribution >= 4 is 18.3 Å². The molecule has 1 fully saturated rings. The second-order valence-electron chi connectivity index (χ2n) is 5.32. The minimum atomic E-state index is 0. The van der Waals surface area contributed by atoms with E-state index in [2.05, 4.69) is 29.3 Å². The van der Waals surface area contributed by atoms with Crippen LogP contribution in [0.4, 0.5) is 0 Å². The van der Waals surface area contributed by atoms with E-state index in [9.17, 15) is 4.79 Å². The van der Waals surface area contributed by atoms with Crippen LogP contribution < -0.4 is 11.1 Å². The van der Waals surface area contributed by atoms with E-state index in [-0.39, 0.29) is 18.3 Å². The van der Waals surface area contributed by atoms with E-state index in [0.717, 1.165) is 25.9 Å². The number of carbonyl (C=O) groups is 1. The lowest BCUT2D eigenvalue weighted by Crippen LogP contribution is -2.44. The highest BCUT2D eigenvalue weighted by Crippen LogP contribution is 2.08. The minimum Gasteiger partial charge on any atom is -0.351 e. The maximum Gasteiger partial charge on any atom is 0.234 e. The van der Waals surface area contributed by atoms with Crippen LogP contribution in [0.5, 0.6) is 0 Å². The molecule has 2 rings (SSSR count). The van der Waals surface area contributed by atoms with Crippen molar-refractivity contribution in [2.75, 3.05) is 19.6 Å². The van der Waals surface area contributed by atoms with Crippen LogP contribution >= 0.6 is 12.4 Å². The molecule has 1 aliphatic heterocycles. The number of piperidine rings is 1. The number of nitrogens with two attached hydrogens (primary N) is 1. The highest BCUT2D eigenvalue weighted by molar-refractivity contribution is 5.85. The predicted molar refractivity (Wildman–Crippen MR) is 83.9 cm³/mol. The van der Waals surface area contributed by atoms with Crippen molar-refractivity contribution in [2.45, 2.75) is 32.4 Å². The molecule has 1 heterocycles. The molecule has 0 atom stereocenters. The third-order valence-electron chi connectivity index (χ3n) is 3.74. The number of carbonyl (C=O) groups excluding carboxylic acids is 1. The number of likely N-dealkylation sites (tertiary alicyclic amines) is 1. The zero-order valence-corrected chi connectivity index (χ0v) is 12.8. The maximum atomic E-state index is 11.9. The Morgan fingerprint density at radius 2 is 2.00 bits per heavy atom. The molecule has 1 aromatic carbocycles. The van der Waals surface area contributed by atoms with Gasteiger partial charge in [-0.3, -0.25) is 9.69 Å². The van der Waals surface area contributed by atoms with Crippen LogP contribution in [0.15, 0.2) is 24.3 Å². The Hall–Kier alpha value is -1.10. The van der Waals surface area contributed by atoms with Gasteiger partial charge in [-0.15, -0.1) is 12.4 Å². The highest BCUT2D eigenvalue weighted by atomic mass is 35.5. The molecule has 0 aromatic heterocycles. The van der Waals surface area contributed by atoms with Crippen LogP contribution in [0.1, 0.15) is 24.0 Å². The molecular formula is C15H24ClN3O. The Balaban J connectivity index is 0.00000200. The zero-order valence-electron chi connectivity index (χ0n) is 12.0. The molecule has 1 aromatic rings. The molecule has 5 heteroatoms. The first-order chi connectivity index (χ1) is 9.15. The lowest BCUT2D eigenvalue weighted by Gasteiger charge is -2.29. The number of aryl methyl sites for hydroxylation is 1. The van der Waals surface area contributed by atoms with Gasteiger partial charge in [-0.05, 0) is 30.9 Å². The summed E-state index contributed by atoms with van der Waals surface area (Å²) >= 11 is 0. The highest BCUT2D eigenvalue weighted by Gasteiger charge is 2.17. The summed E-state index contributed by atoms with van der Waals surface area (Å²) in [6.45, 7) is 5.02. The zero-order chi connectivity index (χ0) is 13.7. The van der Waals surface area contributed by atoms with Crippen molar-refractivity contribution in [2.24, 2.45) is 5.73 Å². The first kappa shape index (κ1) is 17.0. The molecule has 0 saturated carbocycles. The van der Waals surface area contributed by atoms with E-state index in [0.29, 0.717) is 19.1 Å². The quantitative estimate of drug-likeness (QED) is 0.884. The summed E-state index contributed by atoms with van der Waals surface area (Å²) in [5.74, 6) is 0.0960. The van der Waals surface area contributed by atoms with Crippen LogP contribution in [0.25, 0.3) is 0 Å². The van der Waals surface area contributed by atoms with E-state index in [1.165, 1.54) is 11.1 Å². The fraction of sp³-hybridized carbons (Fsp3) is 0.533. The van der Waals surface area contributed by atoms with Gasteiger partial charge in [0.1, 0.15) is 0 Å². The Kier molecular flexibility index (Phi) is 6.99. The average molecular weight is 298 g/mol. The number of hydrogen-bond acceptors (Lipinski definition) is 3. The number of halogens is 1. The number of benzene rings is 1. The van der Waals surface area contributed by atoms with Gasteiger partial charge < -0.3 is 11.1 Å². The van der Waals surface area contributed by atoms with Crippen molar-refractivity contribution in [3.63, 3.8) is 0 Å². The van der Waals surface area contributed by atoms with Crippen molar-refractivity contribution < 1.29 is 4.79 Å².